The molecule has 0 spiro atoms. The molecule has 1 heterocycles. The van der Waals surface area contributed by atoms with Gasteiger partial charge in [-0.05, 0) is 23.9 Å². The molecule has 1 nitrogen and oxygen atoms in total. The lowest BCUT2D eigenvalue weighted by atomic mass is 10.1. The summed E-state index contributed by atoms with van der Waals surface area (Å²) < 4.78 is 35.6. The van der Waals surface area contributed by atoms with Crippen molar-refractivity contribution < 1.29 is 18.3 Å². The molecule has 1 aromatic rings. The van der Waals surface area contributed by atoms with E-state index in [1.807, 2.05) is 0 Å². The second-order valence-corrected chi connectivity index (χ2v) is 3.89. The van der Waals surface area contributed by atoms with E-state index >= 15 is 0 Å². The highest BCUT2D eigenvalue weighted by Gasteiger charge is 2.32. The highest BCUT2D eigenvalue weighted by Crippen LogP contribution is 2.32. The van der Waals surface area contributed by atoms with Gasteiger partial charge in [0.1, 0.15) is 0 Å². The Bertz CT molecular complexity index is 279. The molecule has 5 heteroatoms. The summed E-state index contributed by atoms with van der Waals surface area (Å²) >= 11 is 1.33. The van der Waals surface area contributed by atoms with Gasteiger partial charge in [-0.1, -0.05) is 0 Å². The molecule has 0 saturated heterocycles. The van der Waals surface area contributed by atoms with E-state index < -0.39 is 18.7 Å². The summed E-state index contributed by atoms with van der Waals surface area (Å²) in [6.07, 6.45) is -6.91. The van der Waals surface area contributed by atoms with Crippen LogP contribution in [-0.2, 0) is 0 Å². The van der Waals surface area contributed by atoms with Gasteiger partial charge in [0.15, 0.2) is 0 Å². The first-order valence-electron chi connectivity index (χ1n) is 3.69. The fourth-order valence-corrected chi connectivity index (χ4v) is 1.83. The van der Waals surface area contributed by atoms with E-state index in [1.54, 1.807) is 12.3 Å². The predicted octanol–water partition coefficient (Wildman–Crippen LogP) is 3.04. The van der Waals surface area contributed by atoms with Crippen LogP contribution in [0.1, 0.15) is 23.0 Å². The smallest absolute Gasteiger partial charge is 0.388 e. The molecule has 1 N–H and O–H groups in total. The van der Waals surface area contributed by atoms with Gasteiger partial charge in [0.05, 0.1) is 12.5 Å². The quantitative estimate of drug-likeness (QED) is 0.795. The molecular formula is C8H9F3OS. The average Bonchev–Trinajstić information content (AvgIpc) is 2.30. The van der Waals surface area contributed by atoms with Crippen molar-refractivity contribution in [2.75, 3.05) is 0 Å². The van der Waals surface area contributed by atoms with Crippen LogP contribution in [0.15, 0.2) is 11.4 Å². The van der Waals surface area contributed by atoms with Crippen LogP contribution in [0, 0.1) is 6.92 Å². The minimum Gasteiger partial charge on any atom is -0.388 e. The monoisotopic (exact) mass is 210 g/mol. The predicted molar refractivity (Wildman–Crippen MR) is 44.7 cm³/mol. The Morgan fingerprint density at radius 1 is 1.54 bits per heavy atom. The summed E-state index contributed by atoms with van der Waals surface area (Å²) in [5.74, 6) is 0. The molecule has 0 saturated carbocycles. The van der Waals surface area contributed by atoms with Crippen LogP contribution in [0.4, 0.5) is 13.2 Å². The first kappa shape index (κ1) is 10.5. The zero-order valence-corrected chi connectivity index (χ0v) is 7.75. The SMILES string of the molecule is Cc1sccc1C(O)CC(F)(F)F. The first-order valence-corrected chi connectivity index (χ1v) is 4.57. The molecule has 0 aliphatic rings. The molecule has 74 valence electrons. The minimum atomic E-state index is -4.31. The van der Waals surface area contributed by atoms with Crippen molar-refractivity contribution in [3.05, 3.63) is 21.9 Å². The van der Waals surface area contributed by atoms with Crippen molar-refractivity contribution in [2.24, 2.45) is 0 Å². The van der Waals surface area contributed by atoms with Gasteiger partial charge < -0.3 is 5.11 Å². The van der Waals surface area contributed by atoms with Gasteiger partial charge in [-0.15, -0.1) is 11.3 Å². The zero-order chi connectivity index (χ0) is 10.1. The van der Waals surface area contributed by atoms with Gasteiger partial charge >= 0.3 is 6.18 Å². The summed E-state index contributed by atoms with van der Waals surface area (Å²) in [6.45, 7) is 1.69. The number of alkyl halides is 3. The number of rotatable bonds is 2. The Morgan fingerprint density at radius 2 is 2.15 bits per heavy atom. The third-order valence-corrected chi connectivity index (χ3v) is 2.54. The molecule has 1 rings (SSSR count). The van der Waals surface area contributed by atoms with Gasteiger partial charge in [0.2, 0.25) is 0 Å². The number of halogens is 3. The fourth-order valence-electron chi connectivity index (χ4n) is 1.07. The van der Waals surface area contributed by atoms with Crippen molar-refractivity contribution in [1.82, 2.24) is 0 Å². The maximum absolute atomic E-state index is 11.9. The highest BCUT2D eigenvalue weighted by molar-refractivity contribution is 7.10. The fraction of sp³-hybridized carbons (Fsp3) is 0.500. The second-order valence-electron chi connectivity index (χ2n) is 2.77. The molecule has 1 unspecified atom stereocenters. The summed E-state index contributed by atoms with van der Waals surface area (Å²) in [5, 5.41) is 10.9. The van der Waals surface area contributed by atoms with Crippen molar-refractivity contribution in [3.63, 3.8) is 0 Å². The molecule has 0 amide bonds. The second kappa shape index (κ2) is 3.67. The summed E-state index contributed by atoms with van der Waals surface area (Å²) in [4.78, 5) is 0.733. The number of aryl methyl sites for hydroxylation is 1. The Morgan fingerprint density at radius 3 is 2.54 bits per heavy atom. The highest BCUT2D eigenvalue weighted by atomic mass is 32.1. The molecular weight excluding hydrogens is 201 g/mol. The van der Waals surface area contributed by atoms with Crippen LogP contribution in [0.25, 0.3) is 0 Å². The third-order valence-electron chi connectivity index (χ3n) is 1.68. The maximum Gasteiger partial charge on any atom is 0.391 e. The van der Waals surface area contributed by atoms with Gasteiger partial charge in [-0.25, -0.2) is 0 Å². The number of aliphatic hydroxyl groups is 1. The number of thiophene rings is 1. The van der Waals surface area contributed by atoms with Crippen molar-refractivity contribution in [2.45, 2.75) is 25.6 Å². The molecule has 1 atom stereocenters. The van der Waals surface area contributed by atoms with Crippen LogP contribution >= 0.6 is 11.3 Å². The van der Waals surface area contributed by atoms with E-state index in [1.165, 1.54) is 17.4 Å². The molecule has 0 aliphatic carbocycles. The Balaban J connectivity index is 2.69. The molecule has 0 fully saturated rings. The van der Waals surface area contributed by atoms with Gasteiger partial charge in [0.25, 0.3) is 0 Å². The Kier molecular flexibility index (Phi) is 2.98. The van der Waals surface area contributed by atoms with E-state index in [-0.39, 0.29) is 0 Å². The van der Waals surface area contributed by atoms with Crippen molar-refractivity contribution in [3.8, 4) is 0 Å². The van der Waals surface area contributed by atoms with Crippen LogP contribution in [0.3, 0.4) is 0 Å². The largest absolute Gasteiger partial charge is 0.391 e. The van der Waals surface area contributed by atoms with E-state index in [9.17, 15) is 18.3 Å². The number of hydrogen-bond acceptors (Lipinski definition) is 2. The van der Waals surface area contributed by atoms with E-state index in [4.69, 9.17) is 0 Å². The molecule has 0 aromatic carbocycles. The van der Waals surface area contributed by atoms with Crippen LogP contribution in [-0.4, -0.2) is 11.3 Å². The topological polar surface area (TPSA) is 20.2 Å². The Hall–Kier alpha value is -0.550. The van der Waals surface area contributed by atoms with Crippen LogP contribution in [0.2, 0.25) is 0 Å². The zero-order valence-electron chi connectivity index (χ0n) is 6.93. The number of hydrogen-bond donors (Lipinski definition) is 1. The van der Waals surface area contributed by atoms with Crippen LogP contribution in [0.5, 0.6) is 0 Å². The minimum absolute atomic E-state index is 0.377. The summed E-state index contributed by atoms with van der Waals surface area (Å²) in [5.41, 5.74) is 0.377. The van der Waals surface area contributed by atoms with Gasteiger partial charge in [-0.2, -0.15) is 13.2 Å². The van der Waals surface area contributed by atoms with E-state index in [0.29, 0.717) is 5.56 Å². The molecule has 1 aromatic heterocycles. The normalized spacial score (nSPS) is 14.5. The number of aliphatic hydroxyl groups excluding tert-OH is 1. The van der Waals surface area contributed by atoms with E-state index in [2.05, 4.69) is 0 Å². The molecule has 13 heavy (non-hydrogen) atoms. The third kappa shape index (κ3) is 3.00. The molecule has 0 radical (unpaired) electrons. The summed E-state index contributed by atoms with van der Waals surface area (Å²) in [6, 6.07) is 1.52. The molecule has 0 aliphatic heterocycles. The maximum atomic E-state index is 11.9. The first-order chi connectivity index (χ1) is 5.90. The van der Waals surface area contributed by atoms with Crippen LogP contribution < -0.4 is 0 Å². The molecule has 0 bridgehead atoms. The standard InChI is InChI=1S/C8H9F3OS/c1-5-6(2-3-13-5)7(12)4-8(9,10)11/h2-3,7,12H,4H2,1H3. The van der Waals surface area contributed by atoms with E-state index in [0.717, 1.165) is 4.88 Å². The Labute approximate surface area is 77.8 Å². The van der Waals surface area contributed by atoms with Gasteiger partial charge in [0, 0.05) is 4.88 Å². The van der Waals surface area contributed by atoms with Gasteiger partial charge in [-0.3, -0.25) is 0 Å². The lowest BCUT2D eigenvalue weighted by Crippen LogP contribution is -2.13. The summed E-state index contributed by atoms with van der Waals surface area (Å²) in [7, 11) is 0. The lowest BCUT2D eigenvalue weighted by molar-refractivity contribution is -0.154. The lowest BCUT2D eigenvalue weighted by Gasteiger charge is -2.12. The average molecular weight is 210 g/mol. The van der Waals surface area contributed by atoms with Crippen molar-refractivity contribution in [1.29, 1.82) is 0 Å². The van der Waals surface area contributed by atoms with Crippen molar-refractivity contribution >= 4 is 11.3 Å².